The summed E-state index contributed by atoms with van der Waals surface area (Å²) in [5, 5.41) is 10.8. The van der Waals surface area contributed by atoms with Crippen LogP contribution >= 0.6 is 0 Å². The molecule has 8 nitrogen and oxygen atoms in total. The van der Waals surface area contributed by atoms with Crippen molar-refractivity contribution in [2.24, 2.45) is 0 Å². The van der Waals surface area contributed by atoms with Gasteiger partial charge in [0.1, 0.15) is 0 Å². The minimum absolute atomic E-state index is 0.266. The first-order chi connectivity index (χ1) is 12.0. The van der Waals surface area contributed by atoms with Gasteiger partial charge in [-0.25, -0.2) is 0 Å². The minimum Gasteiger partial charge on any atom is -0.493 e. The van der Waals surface area contributed by atoms with Crippen LogP contribution < -0.4 is 20.6 Å². The molecule has 0 amide bonds. The van der Waals surface area contributed by atoms with Crippen molar-refractivity contribution in [2.75, 3.05) is 14.2 Å². The van der Waals surface area contributed by atoms with Crippen LogP contribution in [0.3, 0.4) is 0 Å². The van der Waals surface area contributed by atoms with Gasteiger partial charge < -0.3 is 19.7 Å². The van der Waals surface area contributed by atoms with Crippen LogP contribution in [0, 0.1) is 13.8 Å². The number of hydrogen-bond donors (Lipinski definition) is 4. The van der Waals surface area contributed by atoms with Crippen molar-refractivity contribution in [1.82, 2.24) is 20.4 Å². The summed E-state index contributed by atoms with van der Waals surface area (Å²) in [4.78, 5) is 24.8. The quantitative estimate of drug-likeness (QED) is 0.562. The summed E-state index contributed by atoms with van der Waals surface area (Å²) in [5.41, 5.74) is 2.53. The summed E-state index contributed by atoms with van der Waals surface area (Å²) in [7, 11) is 3.09. The molecule has 3 aromatic rings. The molecule has 0 unspecified atom stereocenters. The zero-order valence-electron chi connectivity index (χ0n) is 14.4. The molecule has 0 fully saturated rings. The van der Waals surface area contributed by atoms with Crippen molar-refractivity contribution < 1.29 is 9.47 Å². The van der Waals surface area contributed by atoms with Gasteiger partial charge in [-0.2, -0.15) is 0 Å². The predicted molar refractivity (Wildman–Crippen MR) is 92.8 cm³/mol. The summed E-state index contributed by atoms with van der Waals surface area (Å²) in [5.74, 6) is 0.549. The molecule has 0 saturated carbocycles. The molecular formula is C17H20N4O4. The Kier molecular flexibility index (Phi) is 4.26. The van der Waals surface area contributed by atoms with Crippen LogP contribution in [0.25, 0.3) is 0 Å². The van der Waals surface area contributed by atoms with E-state index in [-0.39, 0.29) is 11.1 Å². The highest BCUT2D eigenvalue weighted by atomic mass is 16.5. The van der Waals surface area contributed by atoms with E-state index < -0.39 is 5.92 Å². The first kappa shape index (κ1) is 16.7. The average molecular weight is 344 g/mol. The second kappa shape index (κ2) is 6.39. The van der Waals surface area contributed by atoms with Crippen LogP contribution in [-0.4, -0.2) is 34.6 Å². The maximum atomic E-state index is 12.4. The van der Waals surface area contributed by atoms with E-state index in [4.69, 9.17) is 9.47 Å². The fourth-order valence-corrected chi connectivity index (χ4v) is 3.12. The zero-order valence-corrected chi connectivity index (χ0v) is 14.4. The summed E-state index contributed by atoms with van der Waals surface area (Å²) in [6.07, 6.45) is 0. The van der Waals surface area contributed by atoms with Gasteiger partial charge in [0, 0.05) is 17.3 Å². The van der Waals surface area contributed by atoms with Gasteiger partial charge in [-0.05, 0) is 31.5 Å². The normalized spacial score (nSPS) is 11.1. The predicted octanol–water partition coefficient (Wildman–Crippen LogP) is 1.53. The van der Waals surface area contributed by atoms with Gasteiger partial charge in [0.2, 0.25) is 0 Å². The van der Waals surface area contributed by atoms with Gasteiger partial charge in [-0.15, -0.1) is 0 Å². The number of aromatic amines is 4. The van der Waals surface area contributed by atoms with Gasteiger partial charge in [0.05, 0.1) is 25.3 Å². The molecule has 1 aromatic carbocycles. The highest BCUT2D eigenvalue weighted by Crippen LogP contribution is 2.36. The largest absolute Gasteiger partial charge is 0.493 e. The Labute approximate surface area is 143 Å². The lowest BCUT2D eigenvalue weighted by atomic mass is 9.85. The van der Waals surface area contributed by atoms with Crippen molar-refractivity contribution in [3.05, 3.63) is 67.0 Å². The van der Waals surface area contributed by atoms with Crippen LogP contribution in [0.1, 0.15) is 34.0 Å². The van der Waals surface area contributed by atoms with Crippen LogP contribution in [-0.2, 0) is 0 Å². The Hall–Kier alpha value is -3.16. The number of rotatable bonds is 5. The Balaban J connectivity index is 2.30. The topological polar surface area (TPSA) is 116 Å². The third-order valence-corrected chi connectivity index (χ3v) is 4.34. The Bertz CT molecular complexity index is 954. The molecule has 2 aromatic heterocycles. The zero-order chi connectivity index (χ0) is 18.1. The maximum absolute atomic E-state index is 12.4. The van der Waals surface area contributed by atoms with Crippen molar-refractivity contribution in [2.45, 2.75) is 19.8 Å². The number of ether oxygens (including phenoxy) is 2. The smallest absolute Gasteiger partial charge is 0.268 e. The van der Waals surface area contributed by atoms with Crippen molar-refractivity contribution >= 4 is 0 Å². The number of H-pyrrole nitrogens is 4. The fourth-order valence-electron chi connectivity index (χ4n) is 3.12. The van der Waals surface area contributed by atoms with Gasteiger partial charge in [0.15, 0.2) is 11.5 Å². The Morgan fingerprint density at radius 3 is 1.72 bits per heavy atom. The standard InChI is InChI=1S/C17H20N4O4/c1-8-13(16(22)20-18-8)15(14-9(2)19-21-17(14)23)10-5-6-11(24-3)12(7-10)25-4/h5-7,15H,1-4H3,(H2,18,20,22)(H2,19,21,23). The first-order valence-electron chi connectivity index (χ1n) is 7.74. The number of aromatic nitrogens is 4. The minimum atomic E-state index is -0.551. The van der Waals surface area contributed by atoms with Crippen LogP contribution in [0.2, 0.25) is 0 Å². The third-order valence-electron chi connectivity index (χ3n) is 4.34. The highest BCUT2D eigenvalue weighted by Gasteiger charge is 2.28. The van der Waals surface area contributed by atoms with Gasteiger partial charge in [-0.1, -0.05) is 6.07 Å². The lowest BCUT2D eigenvalue weighted by molar-refractivity contribution is 0.354. The van der Waals surface area contributed by atoms with Crippen molar-refractivity contribution in [3.63, 3.8) is 0 Å². The molecule has 0 spiro atoms. The molecule has 0 saturated heterocycles. The summed E-state index contributed by atoms with van der Waals surface area (Å²) in [6, 6.07) is 5.36. The lowest BCUT2D eigenvalue weighted by Gasteiger charge is -2.18. The Morgan fingerprint density at radius 1 is 0.800 bits per heavy atom. The van der Waals surface area contributed by atoms with Crippen LogP contribution in [0.4, 0.5) is 0 Å². The van der Waals surface area contributed by atoms with Crippen molar-refractivity contribution in [3.8, 4) is 11.5 Å². The summed E-state index contributed by atoms with van der Waals surface area (Å²) >= 11 is 0. The molecule has 132 valence electrons. The molecule has 0 radical (unpaired) electrons. The van der Waals surface area contributed by atoms with Gasteiger partial charge in [-0.3, -0.25) is 19.8 Å². The van der Waals surface area contributed by atoms with Crippen molar-refractivity contribution in [1.29, 1.82) is 0 Å². The molecule has 8 heteroatoms. The number of aryl methyl sites for hydroxylation is 2. The first-order valence-corrected chi connectivity index (χ1v) is 7.74. The maximum Gasteiger partial charge on any atom is 0.268 e. The third kappa shape index (κ3) is 2.75. The Morgan fingerprint density at radius 2 is 1.32 bits per heavy atom. The molecule has 0 aliphatic carbocycles. The molecule has 2 heterocycles. The SMILES string of the molecule is COc1ccc(C(c2c(C)[nH][nH]c2=O)c2c(C)[nH][nH]c2=O)cc1OC. The monoisotopic (exact) mass is 344 g/mol. The van der Waals surface area contributed by atoms with Gasteiger partial charge in [0.25, 0.3) is 11.1 Å². The summed E-state index contributed by atoms with van der Waals surface area (Å²) < 4.78 is 10.6. The second-order valence-corrected chi connectivity index (χ2v) is 5.78. The molecule has 4 N–H and O–H groups in total. The van der Waals surface area contributed by atoms with Crippen LogP contribution in [0.15, 0.2) is 27.8 Å². The van der Waals surface area contributed by atoms with E-state index in [1.54, 1.807) is 40.2 Å². The van der Waals surface area contributed by atoms with E-state index in [1.165, 1.54) is 0 Å². The van der Waals surface area contributed by atoms with E-state index in [0.29, 0.717) is 34.0 Å². The molecule has 3 rings (SSSR count). The summed E-state index contributed by atoms with van der Waals surface area (Å²) in [6.45, 7) is 3.58. The fraction of sp³-hybridized carbons (Fsp3) is 0.294. The number of benzene rings is 1. The molecule has 0 aliphatic rings. The van der Waals surface area contributed by atoms with Crippen LogP contribution in [0.5, 0.6) is 11.5 Å². The highest BCUT2D eigenvalue weighted by molar-refractivity contribution is 5.50. The van der Waals surface area contributed by atoms with E-state index in [1.807, 2.05) is 6.07 Å². The number of methoxy groups -OCH3 is 2. The molecule has 0 bridgehead atoms. The molecule has 25 heavy (non-hydrogen) atoms. The number of hydrogen-bond acceptors (Lipinski definition) is 4. The van der Waals surface area contributed by atoms with E-state index in [9.17, 15) is 9.59 Å². The van der Waals surface area contributed by atoms with Gasteiger partial charge >= 0.3 is 0 Å². The van der Waals surface area contributed by atoms with E-state index in [2.05, 4.69) is 20.4 Å². The molecular weight excluding hydrogens is 324 g/mol. The number of nitrogens with one attached hydrogen (secondary N) is 4. The molecule has 0 atom stereocenters. The van der Waals surface area contributed by atoms with E-state index >= 15 is 0 Å². The van der Waals surface area contributed by atoms with E-state index in [0.717, 1.165) is 5.56 Å². The second-order valence-electron chi connectivity index (χ2n) is 5.78. The average Bonchev–Trinajstić information content (AvgIpc) is 3.12. The lowest BCUT2D eigenvalue weighted by Crippen LogP contribution is -2.20. The molecule has 0 aliphatic heterocycles.